The van der Waals surface area contributed by atoms with E-state index in [9.17, 15) is 9.59 Å². The summed E-state index contributed by atoms with van der Waals surface area (Å²) in [5.74, 6) is 0.105. The molecule has 1 aliphatic heterocycles. The Morgan fingerprint density at radius 2 is 2.56 bits per heavy atom. The number of amides is 1. The molecule has 0 radical (unpaired) electrons. The van der Waals surface area contributed by atoms with Gasteiger partial charge in [0.15, 0.2) is 5.12 Å². The number of aromatic amines is 1. The zero-order chi connectivity index (χ0) is 11.5. The van der Waals surface area contributed by atoms with E-state index < -0.39 is 0 Å². The Labute approximate surface area is 97.6 Å². The Morgan fingerprint density at radius 1 is 1.75 bits per heavy atom. The van der Waals surface area contributed by atoms with E-state index in [2.05, 4.69) is 10.2 Å². The SMILES string of the molecule is CC(=O)SC1CC(=O)N(Cc2ccn[nH]2)C1. The van der Waals surface area contributed by atoms with E-state index in [0.29, 0.717) is 19.5 Å². The van der Waals surface area contributed by atoms with Crippen LogP contribution in [0.25, 0.3) is 0 Å². The molecule has 1 amide bonds. The van der Waals surface area contributed by atoms with Gasteiger partial charge in [-0.15, -0.1) is 0 Å². The highest BCUT2D eigenvalue weighted by Crippen LogP contribution is 2.24. The fourth-order valence-corrected chi connectivity index (χ4v) is 2.73. The summed E-state index contributed by atoms with van der Waals surface area (Å²) in [4.78, 5) is 24.4. The first-order valence-electron chi connectivity index (χ1n) is 5.08. The Morgan fingerprint density at radius 3 is 3.19 bits per heavy atom. The molecule has 0 aliphatic carbocycles. The van der Waals surface area contributed by atoms with Crippen molar-refractivity contribution in [1.29, 1.82) is 0 Å². The smallest absolute Gasteiger partial charge is 0.224 e. The number of nitrogens with one attached hydrogen (secondary N) is 1. The van der Waals surface area contributed by atoms with Gasteiger partial charge in [0.1, 0.15) is 0 Å². The maximum atomic E-state index is 11.7. The lowest BCUT2D eigenvalue weighted by Gasteiger charge is -2.14. The second kappa shape index (κ2) is 4.69. The van der Waals surface area contributed by atoms with E-state index in [1.54, 1.807) is 11.1 Å². The minimum absolute atomic E-state index is 0.0705. The second-order valence-corrected chi connectivity index (χ2v) is 5.27. The molecule has 1 aliphatic rings. The van der Waals surface area contributed by atoms with Crippen LogP contribution in [0.2, 0.25) is 0 Å². The predicted octanol–water partition coefficient (Wildman–Crippen LogP) is 0.790. The minimum Gasteiger partial charge on any atom is -0.336 e. The summed E-state index contributed by atoms with van der Waals surface area (Å²) in [7, 11) is 0. The first-order valence-corrected chi connectivity index (χ1v) is 5.96. The molecule has 0 aromatic carbocycles. The van der Waals surface area contributed by atoms with Gasteiger partial charge in [0.05, 0.1) is 12.2 Å². The highest BCUT2D eigenvalue weighted by molar-refractivity contribution is 8.14. The van der Waals surface area contributed by atoms with Crippen LogP contribution in [0.1, 0.15) is 19.0 Å². The molecule has 5 nitrogen and oxygen atoms in total. The van der Waals surface area contributed by atoms with Crippen LogP contribution in [0, 0.1) is 0 Å². The minimum atomic E-state index is 0.0705. The number of aromatic nitrogens is 2. The molecular formula is C10H13N3O2S. The van der Waals surface area contributed by atoms with Crippen LogP contribution in [0.3, 0.4) is 0 Å². The molecule has 0 spiro atoms. The molecule has 1 N–H and O–H groups in total. The van der Waals surface area contributed by atoms with Crippen molar-refractivity contribution < 1.29 is 9.59 Å². The van der Waals surface area contributed by atoms with Crippen LogP contribution in [-0.4, -0.2) is 37.9 Å². The van der Waals surface area contributed by atoms with Gasteiger partial charge in [-0.05, 0) is 6.07 Å². The molecule has 1 aromatic heterocycles. The molecule has 2 heterocycles. The lowest BCUT2D eigenvalue weighted by Crippen LogP contribution is -2.25. The van der Waals surface area contributed by atoms with Crippen LogP contribution in [0.15, 0.2) is 12.3 Å². The zero-order valence-corrected chi connectivity index (χ0v) is 9.79. The number of likely N-dealkylation sites (tertiary alicyclic amines) is 1. The van der Waals surface area contributed by atoms with Crippen molar-refractivity contribution in [2.24, 2.45) is 0 Å². The summed E-state index contributed by atoms with van der Waals surface area (Å²) in [6, 6.07) is 1.85. The third-order valence-corrected chi connectivity index (χ3v) is 3.41. The number of nitrogens with zero attached hydrogens (tertiary/aromatic N) is 2. The Balaban J connectivity index is 1.92. The molecule has 86 valence electrons. The summed E-state index contributed by atoms with van der Waals surface area (Å²) in [5.41, 5.74) is 0.918. The molecule has 1 aromatic rings. The predicted molar refractivity (Wildman–Crippen MR) is 60.7 cm³/mol. The largest absolute Gasteiger partial charge is 0.336 e. The third kappa shape index (κ3) is 2.63. The van der Waals surface area contributed by atoms with Crippen molar-refractivity contribution in [1.82, 2.24) is 15.1 Å². The van der Waals surface area contributed by atoms with Gasteiger partial charge in [-0.2, -0.15) is 5.10 Å². The number of carbonyl (C=O) groups excluding carboxylic acids is 2. The van der Waals surface area contributed by atoms with Gasteiger partial charge in [-0.3, -0.25) is 14.7 Å². The molecule has 16 heavy (non-hydrogen) atoms. The van der Waals surface area contributed by atoms with Gasteiger partial charge in [0, 0.05) is 31.3 Å². The topological polar surface area (TPSA) is 66.1 Å². The monoisotopic (exact) mass is 239 g/mol. The Hall–Kier alpha value is -1.30. The van der Waals surface area contributed by atoms with Crippen LogP contribution < -0.4 is 0 Å². The summed E-state index contributed by atoms with van der Waals surface area (Å²) in [6.07, 6.45) is 2.12. The van der Waals surface area contributed by atoms with E-state index in [1.165, 1.54) is 18.7 Å². The Bertz CT molecular complexity index is 391. The molecule has 1 saturated heterocycles. The molecule has 0 saturated carbocycles. The van der Waals surface area contributed by atoms with Gasteiger partial charge in [0.25, 0.3) is 0 Å². The third-order valence-electron chi connectivity index (χ3n) is 2.43. The van der Waals surface area contributed by atoms with Gasteiger partial charge in [0.2, 0.25) is 5.91 Å². The van der Waals surface area contributed by atoms with Crippen LogP contribution in [0.4, 0.5) is 0 Å². The first-order chi connectivity index (χ1) is 7.65. The van der Waals surface area contributed by atoms with Crippen molar-refractivity contribution in [2.45, 2.75) is 25.1 Å². The van der Waals surface area contributed by atoms with Crippen molar-refractivity contribution in [3.63, 3.8) is 0 Å². The molecular weight excluding hydrogens is 226 g/mol. The van der Waals surface area contributed by atoms with Crippen LogP contribution in [0.5, 0.6) is 0 Å². The average molecular weight is 239 g/mol. The van der Waals surface area contributed by atoms with Gasteiger partial charge < -0.3 is 4.90 Å². The van der Waals surface area contributed by atoms with E-state index in [0.717, 1.165) is 5.69 Å². The zero-order valence-electron chi connectivity index (χ0n) is 8.97. The number of rotatable bonds is 3. The molecule has 1 unspecified atom stereocenters. The quantitative estimate of drug-likeness (QED) is 0.847. The number of hydrogen-bond acceptors (Lipinski definition) is 4. The lowest BCUT2D eigenvalue weighted by molar-refractivity contribution is -0.128. The van der Waals surface area contributed by atoms with E-state index in [1.807, 2.05) is 6.07 Å². The van der Waals surface area contributed by atoms with E-state index >= 15 is 0 Å². The maximum absolute atomic E-state index is 11.7. The lowest BCUT2D eigenvalue weighted by atomic mass is 10.4. The summed E-state index contributed by atoms with van der Waals surface area (Å²) in [6.45, 7) is 2.72. The molecule has 0 bridgehead atoms. The molecule has 6 heteroatoms. The summed E-state index contributed by atoms with van der Waals surface area (Å²) in [5, 5.41) is 6.83. The van der Waals surface area contributed by atoms with Crippen LogP contribution in [-0.2, 0) is 16.1 Å². The van der Waals surface area contributed by atoms with Crippen molar-refractivity contribution >= 4 is 22.8 Å². The summed E-state index contributed by atoms with van der Waals surface area (Å²) < 4.78 is 0. The van der Waals surface area contributed by atoms with E-state index in [-0.39, 0.29) is 16.3 Å². The first kappa shape index (κ1) is 11.2. The molecule has 2 rings (SSSR count). The average Bonchev–Trinajstić information content (AvgIpc) is 2.77. The van der Waals surface area contributed by atoms with Gasteiger partial charge in [-0.25, -0.2) is 0 Å². The Kier molecular flexibility index (Phi) is 3.28. The summed E-state index contributed by atoms with van der Waals surface area (Å²) >= 11 is 1.25. The fourth-order valence-electron chi connectivity index (χ4n) is 1.78. The number of hydrogen-bond donors (Lipinski definition) is 1. The van der Waals surface area contributed by atoms with E-state index in [4.69, 9.17) is 0 Å². The van der Waals surface area contributed by atoms with Crippen molar-refractivity contribution in [3.8, 4) is 0 Å². The highest BCUT2D eigenvalue weighted by atomic mass is 32.2. The number of carbonyl (C=O) groups is 2. The second-order valence-electron chi connectivity index (χ2n) is 3.79. The number of thioether (sulfide) groups is 1. The highest BCUT2D eigenvalue weighted by Gasteiger charge is 2.30. The van der Waals surface area contributed by atoms with Gasteiger partial charge >= 0.3 is 0 Å². The van der Waals surface area contributed by atoms with Crippen LogP contribution >= 0.6 is 11.8 Å². The molecule has 1 fully saturated rings. The fraction of sp³-hybridized carbons (Fsp3) is 0.500. The van der Waals surface area contributed by atoms with Crippen molar-refractivity contribution in [2.75, 3.05) is 6.54 Å². The van der Waals surface area contributed by atoms with Gasteiger partial charge in [-0.1, -0.05) is 11.8 Å². The normalized spacial score (nSPS) is 20.4. The standard InChI is InChI=1S/C10H13N3O2S/c1-7(14)16-9-4-10(15)13(6-9)5-8-2-3-11-12-8/h2-3,9H,4-6H2,1H3,(H,11,12). The maximum Gasteiger partial charge on any atom is 0.224 e. The number of H-pyrrole nitrogens is 1. The molecule has 1 atom stereocenters. The van der Waals surface area contributed by atoms with Crippen molar-refractivity contribution in [3.05, 3.63) is 18.0 Å².